The van der Waals surface area contributed by atoms with Crippen molar-refractivity contribution >= 4 is 35.1 Å². The molecule has 98 valence electrons. The van der Waals surface area contributed by atoms with Crippen LogP contribution in [0.4, 0.5) is 5.82 Å². The number of anilines is 1. The molecule has 1 aromatic rings. The number of nitrogen functional groups attached to an aromatic ring is 1. The van der Waals surface area contributed by atoms with E-state index in [9.17, 15) is 4.79 Å². The molecule has 1 aliphatic rings. The number of halogens is 1. The Bertz CT molecular complexity index is 455. The van der Waals surface area contributed by atoms with E-state index < -0.39 is 0 Å². The molecule has 1 aromatic heterocycles. The summed E-state index contributed by atoms with van der Waals surface area (Å²) in [6, 6.07) is 1.59. The third-order valence-electron chi connectivity index (χ3n) is 3.00. The number of carbonyl (C=O) groups is 1. The fraction of sp³-hybridized carbons (Fsp3) is 0.500. The molecule has 0 bridgehead atoms. The van der Waals surface area contributed by atoms with Gasteiger partial charge in [-0.2, -0.15) is 11.8 Å². The van der Waals surface area contributed by atoms with Gasteiger partial charge in [-0.15, -0.1) is 0 Å². The predicted octanol–water partition coefficient (Wildman–Crippen LogP) is 2.28. The third-order valence-corrected chi connectivity index (χ3v) is 4.67. The van der Waals surface area contributed by atoms with Crippen LogP contribution >= 0.6 is 23.4 Å². The van der Waals surface area contributed by atoms with Gasteiger partial charge in [-0.3, -0.25) is 4.79 Å². The number of hydrogen-bond donors (Lipinski definition) is 1. The fourth-order valence-corrected chi connectivity index (χ4v) is 3.25. The number of thioether (sulfide) groups is 1. The zero-order valence-electron chi connectivity index (χ0n) is 10.2. The number of aromatic nitrogens is 1. The molecule has 2 rings (SSSR count). The molecule has 1 saturated heterocycles. The van der Waals surface area contributed by atoms with Gasteiger partial charge in [0.1, 0.15) is 5.82 Å². The van der Waals surface area contributed by atoms with Gasteiger partial charge in [-0.25, -0.2) is 4.98 Å². The van der Waals surface area contributed by atoms with E-state index in [-0.39, 0.29) is 11.7 Å². The molecular formula is C12H16ClN3OS. The molecule has 0 radical (unpaired) electrons. The minimum atomic E-state index is -0.0110. The number of nitrogens with zero attached hydrogens (tertiary/aromatic N) is 2. The van der Waals surface area contributed by atoms with Crippen LogP contribution in [0.15, 0.2) is 12.3 Å². The van der Waals surface area contributed by atoms with Gasteiger partial charge in [0.05, 0.1) is 10.6 Å². The summed E-state index contributed by atoms with van der Waals surface area (Å²) < 4.78 is 0. The standard InChI is InChI=1S/C12H16ClN3OS/c1-2-9-7-16(3-4-18-9)12(17)8-5-10(13)11(14)15-6-8/h5-6,9H,2-4,7H2,1H3,(H2,14,15). The van der Waals surface area contributed by atoms with Gasteiger partial charge in [0.25, 0.3) is 5.91 Å². The van der Waals surface area contributed by atoms with Crippen molar-refractivity contribution in [1.82, 2.24) is 9.88 Å². The van der Waals surface area contributed by atoms with Crippen molar-refractivity contribution in [2.75, 3.05) is 24.6 Å². The highest BCUT2D eigenvalue weighted by molar-refractivity contribution is 8.00. The van der Waals surface area contributed by atoms with Crippen molar-refractivity contribution < 1.29 is 4.79 Å². The minimum absolute atomic E-state index is 0.0110. The van der Waals surface area contributed by atoms with Gasteiger partial charge in [0.15, 0.2) is 0 Å². The average molecular weight is 286 g/mol. The van der Waals surface area contributed by atoms with Crippen LogP contribution < -0.4 is 5.73 Å². The third kappa shape index (κ3) is 2.90. The first-order chi connectivity index (χ1) is 8.61. The highest BCUT2D eigenvalue weighted by atomic mass is 35.5. The Balaban J connectivity index is 2.12. The number of rotatable bonds is 2. The molecule has 1 atom stereocenters. The monoisotopic (exact) mass is 285 g/mol. The lowest BCUT2D eigenvalue weighted by Gasteiger charge is -2.31. The summed E-state index contributed by atoms with van der Waals surface area (Å²) in [5, 5.41) is 0.860. The van der Waals surface area contributed by atoms with Crippen molar-refractivity contribution in [3.63, 3.8) is 0 Å². The number of nitrogens with two attached hydrogens (primary N) is 1. The molecule has 0 spiro atoms. The Kier molecular flexibility index (Phi) is 4.35. The second-order valence-corrected chi connectivity index (χ2v) is 6.06. The van der Waals surface area contributed by atoms with Gasteiger partial charge in [-0.05, 0) is 12.5 Å². The largest absolute Gasteiger partial charge is 0.382 e. The van der Waals surface area contributed by atoms with Gasteiger partial charge in [-0.1, -0.05) is 18.5 Å². The maximum absolute atomic E-state index is 12.3. The summed E-state index contributed by atoms with van der Waals surface area (Å²) in [7, 11) is 0. The average Bonchev–Trinajstić information content (AvgIpc) is 2.41. The minimum Gasteiger partial charge on any atom is -0.382 e. The molecule has 1 fully saturated rings. The van der Waals surface area contributed by atoms with Crippen LogP contribution in [0.5, 0.6) is 0 Å². The highest BCUT2D eigenvalue weighted by Crippen LogP contribution is 2.23. The van der Waals surface area contributed by atoms with E-state index in [2.05, 4.69) is 11.9 Å². The normalized spacial score (nSPS) is 19.9. The van der Waals surface area contributed by atoms with Gasteiger partial charge in [0, 0.05) is 30.3 Å². The van der Waals surface area contributed by atoms with Crippen molar-refractivity contribution in [2.24, 2.45) is 0 Å². The summed E-state index contributed by atoms with van der Waals surface area (Å²) >= 11 is 7.82. The van der Waals surface area contributed by atoms with E-state index in [0.29, 0.717) is 15.8 Å². The van der Waals surface area contributed by atoms with Crippen LogP contribution in [-0.2, 0) is 0 Å². The molecule has 4 nitrogen and oxygen atoms in total. The van der Waals surface area contributed by atoms with E-state index in [1.807, 2.05) is 16.7 Å². The molecule has 2 N–H and O–H groups in total. The van der Waals surface area contributed by atoms with Crippen LogP contribution in [0, 0.1) is 0 Å². The summed E-state index contributed by atoms with van der Waals surface area (Å²) in [6.45, 7) is 3.72. The molecule has 0 saturated carbocycles. The van der Waals surface area contributed by atoms with Crippen molar-refractivity contribution in [3.8, 4) is 0 Å². The number of carbonyl (C=O) groups excluding carboxylic acids is 1. The fourth-order valence-electron chi connectivity index (χ4n) is 1.90. The maximum Gasteiger partial charge on any atom is 0.255 e. The Morgan fingerprint density at radius 2 is 2.50 bits per heavy atom. The first-order valence-electron chi connectivity index (χ1n) is 5.93. The van der Waals surface area contributed by atoms with Gasteiger partial charge in [0.2, 0.25) is 0 Å². The van der Waals surface area contributed by atoms with Crippen LogP contribution in [-0.4, -0.2) is 39.9 Å². The van der Waals surface area contributed by atoms with E-state index in [0.717, 1.165) is 25.3 Å². The topological polar surface area (TPSA) is 59.2 Å². The number of amides is 1. The molecule has 2 heterocycles. The summed E-state index contributed by atoms with van der Waals surface area (Å²) in [6.07, 6.45) is 2.57. The first kappa shape index (κ1) is 13.5. The lowest BCUT2D eigenvalue weighted by molar-refractivity contribution is 0.0760. The molecular weight excluding hydrogens is 270 g/mol. The van der Waals surface area contributed by atoms with Gasteiger partial charge < -0.3 is 10.6 Å². The Hall–Kier alpha value is -0.940. The molecule has 6 heteroatoms. The van der Waals surface area contributed by atoms with Gasteiger partial charge >= 0.3 is 0 Å². The molecule has 0 aromatic carbocycles. The Morgan fingerprint density at radius 1 is 1.72 bits per heavy atom. The van der Waals surface area contributed by atoms with E-state index in [4.69, 9.17) is 17.3 Å². The smallest absolute Gasteiger partial charge is 0.255 e. The van der Waals surface area contributed by atoms with E-state index in [1.165, 1.54) is 6.20 Å². The SMILES string of the molecule is CCC1CN(C(=O)c2cnc(N)c(Cl)c2)CCS1. The lowest BCUT2D eigenvalue weighted by atomic mass is 10.2. The molecule has 18 heavy (non-hydrogen) atoms. The molecule has 1 unspecified atom stereocenters. The maximum atomic E-state index is 12.3. The quantitative estimate of drug-likeness (QED) is 0.906. The predicted molar refractivity (Wildman–Crippen MR) is 76.1 cm³/mol. The Morgan fingerprint density at radius 3 is 3.17 bits per heavy atom. The van der Waals surface area contributed by atoms with Crippen molar-refractivity contribution in [3.05, 3.63) is 22.8 Å². The van der Waals surface area contributed by atoms with E-state index >= 15 is 0 Å². The number of hydrogen-bond acceptors (Lipinski definition) is 4. The first-order valence-corrected chi connectivity index (χ1v) is 7.36. The highest BCUT2D eigenvalue weighted by Gasteiger charge is 2.24. The summed E-state index contributed by atoms with van der Waals surface area (Å²) in [5.41, 5.74) is 6.05. The Labute approximate surface area is 116 Å². The lowest BCUT2D eigenvalue weighted by Crippen LogP contribution is -2.41. The zero-order chi connectivity index (χ0) is 13.1. The van der Waals surface area contributed by atoms with Crippen LogP contribution in [0.2, 0.25) is 5.02 Å². The molecule has 0 aliphatic carbocycles. The summed E-state index contributed by atoms with van der Waals surface area (Å²) in [5.74, 6) is 1.23. The van der Waals surface area contributed by atoms with Crippen molar-refractivity contribution in [2.45, 2.75) is 18.6 Å². The van der Waals surface area contributed by atoms with Crippen LogP contribution in [0.3, 0.4) is 0 Å². The van der Waals surface area contributed by atoms with Crippen molar-refractivity contribution in [1.29, 1.82) is 0 Å². The second-order valence-electron chi connectivity index (χ2n) is 4.24. The van der Waals surface area contributed by atoms with Crippen LogP contribution in [0.25, 0.3) is 0 Å². The second kappa shape index (κ2) is 5.80. The van der Waals surface area contributed by atoms with E-state index in [1.54, 1.807) is 6.07 Å². The number of pyridine rings is 1. The molecule has 1 amide bonds. The van der Waals surface area contributed by atoms with Crippen LogP contribution in [0.1, 0.15) is 23.7 Å². The zero-order valence-corrected chi connectivity index (χ0v) is 11.8. The molecule has 1 aliphatic heterocycles. The summed E-state index contributed by atoms with van der Waals surface area (Å²) in [4.78, 5) is 18.1.